The summed E-state index contributed by atoms with van der Waals surface area (Å²) in [6.45, 7) is 2.81. The predicted molar refractivity (Wildman–Crippen MR) is 103 cm³/mol. The number of rotatable bonds is 4. The lowest BCUT2D eigenvalue weighted by molar-refractivity contribution is -0.134. The first-order chi connectivity index (χ1) is 13.2. The number of aromatic nitrogens is 4. The fourth-order valence-corrected chi connectivity index (χ4v) is 3.67. The van der Waals surface area contributed by atoms with E-state index in [0.717, 1.165) is 42.8 Å². The van der Waals surface area contributed by atoms with Crippen LogP contribution in [-0.4, -0.2) is 37.5 Å². The largest absolute Gasteiger partial charge is 0.332 e. The van der Waals surface area contributed by atoms with Crippen LogP contribution in [0.1, 0.15) is 42.3 Å². The number of pyridine rings is 1. The van der Waals surface area contributed by atoms with E-state index in [0.29, 0.717) is 12.2 Å². The van der Waals surface area contributed by atoms with Crippen LogP contribution < -0.4 is 0 Å². The summed E-state index contributed by atoms with van der Waals surface area (Å²) in [6, 6.07) is 11.9. The van der Waals surface area contributed by atoms with E-state index in [-0.39, 0.29) is 11.9 Å². The fourth-order valence-electron chi connectivity index (χ4n) is 3.67. The minimum Gasteiger partial charge on any atom is -0.332 e. The molecule has 2 aromatic heterocycles. The first-order valence-electron chi connectivity index (χ1n) is 9.38. The first kappa shape index (κ1) is 17.4. The van der Waals surface area contributed by atoms with Gasteiger partial charge in [-0.05, 0) is 43.9 Å². The Bertz CT molecular complexity index is 921. The predicted octanol–water partition coefficient (Wildman–Crippen LogP) is 3.47. The number of carbonyl (C=O) groups is 1. The Kier molecular flexibility index (Phi) is 4.96. The Morgan fingerprint density at radius 2 is 2.07 bits per heavy atom. The highest BCUT2D eigenvalue weighted by Crippen LogP contribution is 2.30. The van der Waals surface area contributed by atoms with Gasteiger partial charge >= 0.3 is 0 Å². The number of nitrogens with zero attached hydrogens (tertiary/aromatic N) is 4. The zero-order valence-electron chi connectivity index (χ0n) is 15.4. The van der Waals surface area contributed by atoms with Crippen LogP contribution in [0.5, 0.6) is 0 Å². The minimum absolute atomic E-state index is 0.0425. The van der Waals surface area contributed by atoms with Crippen LogP contribution in [0.2, 0.25) is 0 Å². The van der Waals surface area contributed by atoms with Gasteiger partial charge in [-0.25, -0.2) is 4.98 Å². The van der Waals surface area contributed by atoms with Gasteiger partial charge in [0.25, 0.3) is 0 Å². The van der Waals surface area contributed by atoms with Gasteiger partial charge in [0.05, 0.1) is 12.5 Å². The molecular formula is C21H23N5O. The molecule has 1 aliphatic heterocycles. The maximum Gasteiger partial charge on any atom is 0.227 e. The zero-order valence-corrected chi connectivity index (χ0v) is 15.4. The van der Waals surface area contributed by atoms with Gasteiger partial charge in [0.15, 0.2) is 5.82 Å². The molecule has 0 spiro atoms. The molecule has 6 nitrogen and oxygen atoms in total. The van der Waals surface area contributed by atoms with Gasteiger partial charge in [-0.2, -0.15) is 5.10 Å². The normalized spacial score (nSPS) is 17.1. The van der Waals surface area contributed by atoms with Crippen molar-refractivity contribution in [2.45, 2.75) is 38.6 Å². The molecule has 138 valence electrons. The molecule has 1 aromatic carbocycles. The van der Waals surface area contributed by atoms with Crippen molar-refractivity contribution in [2.75, 3.05) is 6.54 Å². The second-order valence-electron chi connectivity index (χ2n) is 7.04. The zero-order chi connectivity index (χ0) is 18.6. The van der Waals surface area contributed by atoms with Crippen LogP contribution in [0.25, 0.3) is 11.4 Å². The number of hydrogen-bond acceptors (Lipinski definition) is 4. The fraction of sp³-hybridized carbons (Fsp3) is 0.333. The SMILES string of the molecule is Cc1cccc(CC(=O)N2CCCCC2c2nc(-c3ccncc3)n[nH]2)c1. The van der Waals surface area contributed by atoms with Crippen LogP contribution in [0.15, 0.2) is 48.8 Å². The summed E-state index contributed by atoms with van der Waals surface area (Å²) in [5, 5.41) is 7.41. The van der Waals surface area contributed by atoms with E-state index >= 15 is 0 Å². The third-order valence-corrected chi connectivity index (χ3v) is 5.02. The van der Waals surface area contributed by atoms with Gasteiger partial charge < -0.3 is 4.90 Å². The lowest BCUT2D eigenvalue weighted by Crippen LogP contribution is -2.39. The van der Waals surface area contributed by atoms with Crippen LogP contribution in [0, 0.1) is 6.92 Å². The molecule has 27 heavy (non-hydrogen) atoms. The van der Waals surface area contributed by atoms with E-state index in [9.17, 15) is 4.79 Å². The number of benzene rings is 1. The molecule has 0 saturated carbocycles. The highest BCUT2D eigenvalue weighted by atomic mass is 16.2. The smallest absolute Gasteiger partial charge is 0.227 e. The number of amides is 1. The Balaban J connectivity index is 1.54. The number of likely N-dealkylation sites (tertiary alicyclic amines) is 1. The van der Waals surface area contributed by atoms with Gasteiger partial charge in [0, 0.05) is 24.5 Å². The van der Waals surface area contributed by atoms with Crippen molar-refractivity contribution in [1.29, 1.82) is 0 Å². The number of nitrogens with one attached hydrogen (secondary N) is 1. The molecule has 4 rings (SSSR count). The van der Waals surface area contributed by atoms with Crippen molar-refractivity contribution >= 4 is 5.91 Å². The molecular weight excluding hydrogens is 338 g/mol. The van der Waals surface area contributed by atoms with Crippen LogP contribution >= 0.6 is 0 Å². The van der Waals surface area contributed by atoms with Crippen molar-refractivity contribution < 1.29 is 4.79 Å². The number of piperidine rings is 1. The third-order valence-electron chi connectivity index (χ3n) is 5.02. The van der Waals surface area contributed by atoms with Crippen molar-refractivity contribution in [3.63, 3.8) is 0 Å². The summed E-state index contributed by atoms with van der Waals surface area (Å²) in [6.07, 6.45) is 6.90. The lowest BCUT2D eigenvalue weighted by Gasteiger charge is -2.34. The Hall–Kier alpha value is -3.02. The monoisotopic (exact) mass is 361 g/mol. The van der Waals surface area contributed by atoms with E-state index in [1.807, 2.05) is 42.2 Å². The highest BCUT2D eigenvalue weighted by molar-refractivity contribution is 5.79. The standard InChI is InChI=1S/C21H23N5O/c1-15-5-4-6-16(13-15)14-19(27)26-12-3-2-7-18(26)21-23-20(24-25-21)17-8-10-22-11-9-17/h4-6,8-11,13,18H,2-3,7,12,14H2,1H3,(H,23,24,25). The maximum atomic E-state index is 13.0. The first-order valence-corrected chi connectivity index (χ1v) is 9.38. The number of carbonyl (C=O) groups excluding carboxylic acids is 1. The van der Waals surface area contributed by atoms with E-state index in [1.54, 1.807) is 12.4 Å². The van der Waals surface area contributed by atoms with E-state index in [4.69, 9.17) is 0 Å². The Labute approximate surface area is 158 Å². The number of hydrogen-bond donors (Lipinski definition) is 1. The summed E-state index contributed by atoms with van der Waals surface area (Å²) in [4.78, 5) is 23.7. The van der Waals surface area contributed by atoms with Crippen molar-refractivity contribution in [2.24, 2.45) is 0 Å². The molecule has 1 N–H and O–H groups in total. The van der Waals surface area contributed by atoms with E-state index in [2.05, 4.69) is 26.2 Å². The van der Waals surface area contributed by atoms with Crippen molar-refractivity contribution in [3.05, 3.63) is 65.7 Å². The number of aromatic amines is 1. The Morgan fingerprint density at radius 3 is 2.89 bits per heavy atom. The van der Waals surface area contributed by atoms with Gasteiger partial charge in [0.1, 0.15) is 5.82 Å². The summed E-state index contributed by atoms with van der Waals surface area (Å²) >= 11 is 0. The highest BCUT2D eigenvalue weighted by Gasteiger charge is 2.30. The van der Waals surface area contributed by atoms with Gasteiger partial charge in [-0.3, -0.25) is 14.9 Å². The van der Waals surface area contributed by atoms with Gasteiger partial charge in [0.2, 0.25) is 5.91 Å². The summed E-state index contributed by atoms with van der Waals surface area (Å²) in [5.41, 5.74) is 3.15. The molecule has 3 heterocycles. The Morgan fingerprint density at radius 1 is 1.22 bits per heavy atom. The van der Waals surface area contributed by atoms with Crippen molar-refractivity contribution in [1.82, 2.24) is 25.1 Å². The number of H-pyrrole nitrogens is 1. The maximum absolute atomic E-state index is 13.0. The molecule has 1 unspecified atom stereocenters. The molecule has 3 aromatic rings. The second-order valence-corrected chi connectivity index (χ2v) is 7.04. The topological polar surface area (TPSA) is 74.8 Å². The lowest BCUT2D eigenvalue weighted by atomic mass is 10.00. The molecule has 1 saturated heterocycles. The number of aryl methyl sites for hydroxylation is 1. The molecule has 0 bridgehead atoms. The summed E-state index contributed by atoms with van der Waals surface area (Å²) in [7, 11) is 0. The van der Waals surface area contributed by atoms with Crippen LogP contribution in [0.3, 0.4) is 0 Å². The quantitative estimate of drug-likeness (QED) is 0.772. The molecule has 1 atom stereocenters. The van der Waals surface area contributed by atoms with E-state index < -0.39 is 0 Å². The molecule has 0 aliphatic carbocycles. The molecule has 1 aliphatic rings. The second kappa shape index (κ2) is 7.70. The molecule has 1 fully saturated rings. The van der Waals surface area contributed by atoms with Gasteiger partial charge in [-0.1, -0.05) is 29.8 Å². The summed E-state index contributed by atoms with van der Waals surface area (Å²) in [5.74, 6) is 1.55. The van der Waals surface area contributed by atoms with E-state index in [1.165, 1.54) is 5.56 Å². The van der Waals surface area contributed by atoms with Crippen molar-refractivity contribution in [3.8, 4) is 11.4 Å². The average Bonchev–Trinajstić information content (AvgIpc) is 3.19. The van der Waals surface area contributed by atoms with Gasteiger partial charge in [-0.15, -0.1) is 0 Å². The molecule has 0 radical (unpaired) electrons. The minimum atomic E-state index is -0.0425. The summed E-state index contributed by atoms with van der Waals surface area (Å²) < 4.78 is 0. The van der Waals surface area contributed by atoms with Crippen LogP contribution in [0.4, 0.5) is 0 Å². The third kappa shape index (κ3) is 3.89. The molecule has 1 amide bonds. The molecule has 6 heteroatoms. The average molecular weight is 361 g/mol. The van der Waals surface area contributed by atoms with Crippen LogP contribution in [-0.2, 0) is 11.2 Å².